The van der Waals surface area contributed by atoms with E-state index in [2.05, 4.69) is 10.0 Å². The summed E-state index contributed by atoms with van der Waals surface area (Å²) in [6.45, 7) is 0.344. The number of nitrogens with zero attached hydrogens (tertiary/aromatic N) is 3. The number of rotatable bonds is 4. The molecular weight excluding hydrogens is 300 g/mol. The van der Waals surface area contributed by atoms with Crippen molar-refractivity contribution in [2.45, 2.75) is 0 Å². The first-order chi connectivity index (χ1) is 10.7. The van der Waals surface area contributed by atoms with Crippen molar-refractivity contribution in [3.05, 3.63) is 86.8 Å². The number of halogens is 1. The first-order valence-corrected chi connectivity index (χ1v) is 6.89. The van der Waals surface area contributed by atoms with Crippen LogP contribution in [-0.4, -0.2) is 12.5 Å². The largest absolute Gasteiger partial charge is 0.327 e. The van der Waals surface area contributed by atoms with Crippen molar-refractivity contribution in [2.75, 3.05) is 6.54 Å². The molecule has 2 aromatic rings. The van der Waals surface area contributed by atoms with Crippen LogP contribution in [0, 0.1) is 0 Å². The van der Waals surface area contributed by atoms with Gasteiger partial charge in [-0.1, -0.05) is 48.0 Å². The summed E-state index contributed by atoms with van der Waals surface area (Å²) in [6.07, 6.45) is 1.85. The summed E-state index contributed by atoms with van der Waals surface area (Å²) in [6, 6.07) is 14.2. The summed E-state index contributed by atoms with van der Waals surface area (Å²) in [4.78, 5) is 14.2. The molecule has 0 atom stereocenters. The van der Waals surface area contributed by atoms with Crippen molar-refractivity contribution < 1.29 is 4.79 Å². The molecule has 0 bridgehead atoms. The van der Waals surface area contributed by atoms with E-state index in [4.69, 9.17) is 22.9 Å². The Labute approximate surface area is 132 Å². The van der Waals surface area contributed by atoms with E-state index in [1.54, 1.807) is 24.3 Å². The van der Waals surface area contributed by atoms with E-state index in [-0.39, 0.29) is 0 Å². The third kappa shape index (κ3) is 3.74. The zero-order valence-electron chi connectivity index (χ0n) is 11.6. The molecular formula is C16H13ClN4O. The number of nitrogens with two attached hydrogens (primary N) is 1. The molecule has 110 valence electrons. The average Bonchev–Trinajstić information content (AvgIpc) is 2.53. The molecule has 0 saturated heterocycles. The number of hydrogen-bond donors (Lipinski definition) is 1. The summed E-state index contributed by atoms with van der Waals surface area (Å²) in [5.41, 5.74) is 16.9. The van der Waals surface area contributed by atoms with Gasteiger partial charge in [-0.05, 0) is 45.5 Å². The second kappa shape index (κ2) is 7.43. The molecule has 0 fully saturated rings. The molecule has 0 aliphatic rings. The highest BCUT2D eigenvalue weighted by Crippen LogP contribution is 2.26. The maximum Gasteiger partial charge on any atom is 0.249 e. The highest BCUT2D eigenvalue weighted by molar-refractivity contribution is 6.30. The topological polar surface area (TPSA) is 91.9 Å². The van der Waals surface area contributed by atoms with Gasteiger partial charge in [0.25, 0.3) is 0 Å². The summed E-state index contributed by atoms with van der Waals surface area (Å²) < 4.78 is 0. The van der Waals surface area contributed by atoms with Gasteiger partial charge in [-0.2, -0.15) is 0 Å². The molecule has 2 aromatic carbocycles. The molecule has 5 nitrogen and oxygen atoms in total. The molecule has 0 heterocycles. The number of carbonyl (C=O) groups excluding carboxylic acids is 1. The van der Waals surface area contributed by atoms with Crippen molar-refractivity contribution in [1.82, 2.24) is 0 Å². The summed E-state index contributed by atoms with van der Waals surface area (Å²) in [7, 11) is 0. The Balaban J connectivity index is 2.50. The smallest absolute Gasteiger partial charge is 0.249 e. The monoisotopic (exact) mass is 312 g/mol. The third-order valence-corrected chi connectivity index (χ3v) is 3.25. The second-order valence-electron chi connectivity index (χ2n) is 4.44. The third-order valence-electron chi connectivity index (χ3n) is 3.01. The van der Waals surface area contributed by atoms with E-state index in [9.17, 15) is 4.79 Å². The van der Waals surface area contributed by atoms with Crippen LogP contribution in [0.5, 0.6) is 0 Å². The maximum absolute atomic E-state index is 11.7. The number of azide groups is 1. The standard InChI is InChI=1S/C16H13ClN4O/c17-14-6-2-4-12(10-14)15(7-8-18)11-3-1-5-13(9-11)16(22)20-21-19/h1-7,9-10H,8,18H2/b15-7+. The lowest BCUT2D eigenvalue weighted by molar-refractivity contribution is 0.100. The summed E-state index contributed by atoms with van der Waals surface area (Å²) in [5.74, 6) is -0.623. The van der Waals surface area contributed by atoms with E-state index < -0.39 is 5.91 Å². The molecule has 2 rings (SSSR count). The highest BCUT2D eigenvalue weighted by Gasteiger charge is 2.09. The number of benzene rings is 2. The predicted octanol–water partition coefficient (Wildman–Crippen LogP) is 4.18. The summed E-state index contributed by atoms with van der Waals surface area (Å²) >= 11 is 6.03. The Morgan fingerprint density at radius 3 is 2.45 bits per heavy atom. The van der Waals surface area contributed by atoms with Gasteiger partial charge in [-0.25, -0.2) is 0 Å². The molecule has 0 radical (unpaired) electrons. The zero-order valence-corrected chi connectivity index (χ0v) is 12.4. The predicted molar refractivity (Wildman–Crippen MR) is 87.5 cm³/mol. The quantitative estimate of drug-likeness (QED) is 0.521. The number of carbonyl (C=O) groups is 1. The van der Waals surface area contributed by atoms with Crippen molar-refractivity contribution >= 4 is 23.1 Å². The van der Waals surface area contributed by atoms with Gasteiger partial charge in [0.05, 0.1) is 0 Å². The molecule has 0 spiro atoms. The molecule has 1 amide bonds. The second-order valence-corrected chi connectivity index (χ2v) is 4.88. The van der Waals surface area contributed by atoms with Crippen LogP contribution in [-0.2, 0) is 0 Å². The van der Waals surface area contributed by atoms with Crippen LogP contribution < -0.4 is 5.73 Å². The van der Waals surface area contributed by atoms with Gasteiger partial charge < -0.3 is 5.73 Å². The Bertz CT molecular complexity index is 779. The van der Waals surface area contributed by atoms with E-state index in [0.29, 0.717) is 17.1 Å². The van der Waals surface area contributed by atoms with Crippen LogP contribution >= 0.6 is 11.6 Å². The first-order valence-electron chi connectivity index (χ1n) is 6.51. The fourth-order valence-corrected chi connectivity index (χ4v) is 2.28. The zero-order chi connectivity index (χ0) is 15.9. The fourth-order valence-electron chi connectivity index (χ4n) is 2.09. The summed E-state index contributed by atoms with van der Waals surface area (Å²) in [5, 5.41) is 3.72. The maximum atomic E-state index is 11.7. The SMILES string of the molecule is [N-]=[N+]=NC(=O)c1cccc(/C(=C\CN)c2cccc(Cl)c2)c1. The van der Waals surface area contributed by atoms with Crippen LogP contribution in [0.15, 0.2) is 59.7 Å². The first kappa shape index (κ1) is 15.8. The van der Waals surface area contributed by atoms with Gasteiger partial charge in [0.15, 0.2) is 0 Å². The Morgan fingerprint density at radius 1 is 1.18 bits per heavy atom. The minimum absolute atomic E-state index is 0.320. The Kier molecular flexibility index (Phi) is 5.33. The van der Waals surface area contributed by atoms with Crippen LogP contribution in [0.2, 0.25) is 5.02 Å². The van der Waals surface area contributed by atoms with Crippen molar-refractivity contribution in [2.24, 2.45) is 10.8 Å². The van der Waals surface area contributed by atoms with Crippen molar-refractivity contribution in [3.8, 4) is 0 Å². The van der Waals surface area contributed by atoms with E-state index in [0.717, 1.165) is 16.7 Å². The number of amides is 1. The van der Waals surface area contributed by atoms with Gasteiger partial charge >= 0.3 is 0 Å². The molecule has 0 aliphatic heterocycles. The number of hydrogen-bond acceptors (Lipinski definition) is 2. The normalized spacial score (nSPS) is 10.9. The van der Waals surface area contributed by atoms with Crippen LogP contribution in [0.4, 0.5) is 0 Å². The van der Waals surface area contributed by atoms with Crippen LogP contribution in [0.25, 0.3) is 16.0 Å². The van der Waals surface area contributed by atoms with Crippen LogP contribution in [0.3, 0.4) is 0 Å². The minimum atomic E-state index is -0.623. The molecule has 0 unspecified atom stereocenters. The van der Waals surface area contributed by atoms with E-state index >= 15 is 0 Å². The molecule has 0 aromatic heterocycles. The van der Waals surface area contributed by atoms with Gasteiger partial charge in [0.1, 0.15) is 0 Å². The van der Waals surface area contributed by atoms with Crippen LogP contribution in [0.1, 0.15) is 21.5 Å². The van der Waals surface area contributed by atoms with Gasteiger partial charge in [0, 0.05) is 22.0 Å². The molecule has 0 aliphatic carbocycles. The average molecular weight is 313 g/mol. The van der Waals surface area contributed by atoms with Gasteiger partial charge in [0.2, 0.25) is 5.91 Å². The lowest BCUT2D eigenvalue weighted by Gasteiger charge is -2.10. The molecule has 2 N–H and O–H groups in total. The Morgan fingerprint density at radius 2 is 1.82 bits per heavy atom. The fraction of sp³-hybridized carbons (Fsp3) is 0.0625. The molecule has 6 heteroatoms. The van der Waals surface area contributed by atoms with E-state index in [1.165, 1.54) is 0 Å². The molecule has 0 saturated carbocycles. The lowest BCUT2D eigenvalue weighted by Crippen LogP contribution is -1.99. The van der Waals surface area contributed by atoms with Gasteiger partial charge in [-0.15, -0.1) is 0 Å². The minimum Gasteiger partial charge on any atom is -0.327 e. The van der Waals surface area contributed by atoms with Crippen molar-refractivity contribution in [1.29, 1.82) is 0 Å². The van der Waals surface area contributed by atoms with Crippen molar-refractivity contribution in [3.63, 3.8) is 0 Å². The van der Waals surface area contributed by atoms with Gasteiger partial charge in [-0.3, -0.25) is 4.79 Å². The Hall–Kier alpha value is -2.59. The lowest BCUT2D eigenvalue weighted by atomic mass is 9.96. The highest BCUT2D eigenvalue weighted by atomic mass is 35.5. The molecule has 22 heavy (non-hydrogen) atoms. The van der Waals surface area contributed by atoms with E-state index in [1.807, 2.05) is 30.3 Å².